The normalized spacial score (nSPS) is 25.4. The van der Waals surface area contributed by atoms with Crippen molar-refractivity contribution in [3.05, 3.63) is 0 Å². The summed E-state index contributed by atoms with van der Waals surface area (Å²) in [5.41, 5.74) is 0. The zero-order valence-corrected chi connectivity index (χ0v) is 12.8. The predicted molar refractivity (Wildman–Crippen MR) is 75.5 cm³/mol. The maximum atomic E-state index is 12.3. The molecule has 1 fully saturated rings. The van der Waals surface area contributed by atoms with E-state index in [-0.39, 0.29) is 43.0 Å². The van der Waals surface area contributed by atoms with Crippen LogP contribution in [-0.4, -0.2) is 59.8 Å². The van der Waals surface area contributed by atoms with Crippen molar-refractivity contribution < 1.29 is 19.4 Å². The number of carboxylic acids is 1. The van der Waals surface area contributed by atoms with Gasteiger partial charge < -0.3 is 15.2 Å². The molecule has 0 radical (unpaired) electrons. The molecule has 0 aliphatic carbocycles. The molecule has 6 nitrogen and oxygen atoms in total. The first-order valence-electron chi connectivity index (χ1n) is 7.20. The van der Waals surface area contributed by atoms with E-state index in [1.165, 1.54) is 0 Å². The number of carbonyl (C=O) groups excluding carboxylic acids is 1. The van der Waals surface area contributed by atoms with Crippen LogP contribution in [0.5, 0.6) is 0 Å². The number of ether oxygens (including phenoxy) is 1. The van der Waals surface area contributed by atoms with Crippen molar-refractivity contribution in [2.45, 2.75) is 52.4 Å². The van der Waals surface area contributed by atoms with E-state index in [9.17, 15) is 9.59 Å². The number of aliphatic carboxylic acids is 1. The van der Waals surface area contributed by atoms with Crippen LogP contribution < -0.4 is 5.32 Å². The first-order chi connectivity index (χ1) is 9.31. The quantitative estimate of drug-likeness (QED) is 0.752. The highest BCUT2D eigenvalue weighted by atomic mass is 16.5. The highest BCUT2D eigenvalue weighted by Gasteiger charge is 2.33. The maximum absolute atomic E-state index is 12.3. The predicted octanol–water partition coefficient (Wildman–Crippen LogP) is 0.711. The average Bonchev–Trinajstić information content (AvgIpc) is 2.26. The summed E-state index contributed by atoms with van der Waals surface area (Å²) >= 11 is 0. The van der Waals surface area contributed by atoms with Crippen LogP contribution in [-0.2, 0) is 14.3 Å². The largest absolute Gasteiger partial charge is 0.481 e. The molecule has 1 rings (SSSR count). The Morgan fingerprint density at radius 1 is 1.30 bits per heavy atom. The first kappa shape index (κ1) is 16.9. The number of carbonyl (C=O) groups is 2. The van der Waals surface area contributed by atoms with E-state index >= 15 is 0 Å². The number of nitrogens with zero attached hydrogens (tertiary/aromatic N) is 1. The Morgan fingerprint density at radius 2 is 1.85 bits per heavy atom. The monoisotopic (exact) mass is 286 g/mol. The Labute approximate surface area is 120 Å². The van der Waals surface area contributed by atoms with Crippen LogP contribution in [0.1, 0.15) is 34.1 Å². The third kappa shape index (κ3) is 5.09. The lowest BCUT2D eigenvalue weighted by Crippen LogP contribution is -2.57. The van der Waals surface area contributed by atoms with Crippen LogP contribution in [0.4, 0.5) is 0 Å². The van der Waals surface area contributed by atoms with Crippen molar-refractivity contribution in [2.75, 3.05) is 19.6 Å². The molecule has 6 heteroatoms. The highest BCUT2D eigenvalue weighted by molar-refractivity contribution is 5.82. The molecule has 1 saturated heterocycles. The molecule has 2 N–H and O–H groups in total. The molecule has 0 spiro atoms. The zero-order chi connectivity index (χ0) is 15.3. The van der Waals surface area contributed by atoms with Gasteiger partial charge in [0.25, 0.3) is 0 Å². The molecule has 0 bridgehead atoms. The molecule has 1 aliphatic heterocycles. The molecule has 0 saturated carbocycles. The second-order valence-electron chi connectivity index (χ2n) is 5.83. The lowest BCUT2D eigenvalue weighted by Gasteiger charge is -2.41. The van der Waals surface area contributed by atoms with Gasteiger partial charge >= 0.3 is 5.97 Å². The molecule has 0 aromatic rings. The van der Waals surface area contributed by atoms with Gasteiger partial charge in [0.05, 0.1) is 24.7 Å². The van der Waals surface area contributed by atoms with Crippen LogP contribution >= 0.6 is 0 Å². The molecule has 0 aromatic heterocycles. The highest BCUT2D eigenvalue weighted by Crippen LogP contribution is 2.18. The average molecular weight is 286 g/mol. The Balaban J connectivity index is 2.63. The van der Waals surface area contributed by atoms with Crippen molar-refractivity contribution in [1.29, 1.82) is 0 Å². The van der Waals surface area contributed by atoms with Gasteiger partial charge in [0, 0.05) is 19.6 Å². The van der Waals surface area contributed by atoms with Gasteiger partial charge in [0.1, 0.15) is 0 Å². The number of hydrogen-bond acceptors (Lipinski definition) is 4. The maximum Gasteiger partial charge on any atom is 0.305 e. The van der Waals surface area contributed by atoms with Crippen molar-refractivity contribution in [1.82, 2.24) is 10.2 Å². The molecule has 116 valence electrons. The minimum atomic E-state index is -0.903. The van der Waals surface area contributed by atoms with E-state index in [2.05, 4.69) is 10.2 Å². The van der Waals surface area contributed by atoms with Gasteiger partial charge in [-0.3, -0.25) is 14.5 Å². The molecule has 1 amide bonds. The summed E-state index contributed by atoms with van der Waals surface area (Å²) in [6.45, 7) is 9.63. The Bertz CT molecular complexity index is 336. The fraction of sp³-hybridized carbons (Fsp3) is 0.857. The van der Waals surface area contributed by atoms with Gasteiger partial charge in [-0.15, -0.1) is 0 Å². The van der Waals surface area contributed by atoms with Gasteiger partial charge in [-0.2, -0.15) is 0 Å². The van der Waals surface area contributed by atoms with E-state index < -0.39 is 5.97 Å². The lowest BCUT2D eigenvalue weighted by molar-refractivity contribution is -0.137. The second kappa shape index (κ2) is 7.59. The van der Waals surface area contributed by atoms with Crippen LogP contribution in [0, 0.1) is 5.92 Å². The second-order valence-corrected chi connectivity index (χ2v) is 5.83. The van der Waals surface area contributed by atoms with Crippen molar-refractivity contribution >= 4 is 11.9 Å². The number of hydrogen-bond donors (Lipinski definition) is 2. The number of carboxylic acid groups (broad SMARTS) is 1. The summed E-state index contributed by atoms with van der Waals surface area (Å²) in [5.74, 6) is -0.833. The minimum absolute atomic E-state index is 0.0491. The molecular formula is C14H26N2O4. The first-order valence-corrected chi connectivity index (χ1v) is 7.20. The topological polar surface area (TPSA) is 78.9 Å². The van der Waals surface area contributed by atoms with E-state index in [4.69, 9.17) is 9.84 Å². The fourth-order valence-corrected chi connectivity index (χ4v) is 2.73. The van der Waals surface area contributed by atoms with Gasteiger partial charge in [0.2, 0.25) is 5.91 Å². The minimum Gasteiger partial charge on any atom is -0.481 e. The molecular weight excluding hydrogens is 260 g/mol. The van der Waals surface area contributed by atoms with Gasteiger partial charge in [0.15, 0.2) is 0 Å². The number of amides is 1. The van der Waals surface area contributed by atoms with Gasteiger partial charge in [-0.05, 0) is 19.8 Å². The fourth-order valence-electron chi connectivity index (χ4n) is 2.73. The van der Waals surface area contributed by atoms with Gasteiger partial charge in [-0.1, -0.05) is 13.8 Å². The molecule has 0 unspecified atom stereocenters. The van der Waals surface area contributed by atoms with Crippen LogP contribution in [0.2, 0.25) is 0 Å². The lowest BCUT2D eigenvalue weighted by atomic mass is 9.99. The third-order valence-corrected chi connectivity index (χ3v) is 3.38. The van der Waals surface area contributed by atoms with Crippen molar-refractivity contribution in [2.24, 2.45) is 5.92 Å². The van der Waals surface area contributed by atoms with Crippen molar-refractivity contribution in [3.8, 4) is 0 Å². The summed E-state index contributed by atoms with van der Waals surface area (Å²) in [6, 6.07) is -0.238. The number of rotatable bonds is 6. The number of morpholine rings is 1. The van der Waals surface area contributed by atoms with Crippen LogP contribution in [0.25, 0.3) is 0 Å². The molecule has 20 heavy (non-hydrogen) atoms. The summed E-state index contributed by atoms with van der Waals surface area (Å²) in [4.78, 5) is 24.9. The summed E-state index contributed by atoms with van der Waals surface area (Å²) in [6.07, 6.45) is 0.158. The third-order valence-electron chi connectivity index (χ3n) is 3.38. The van der Waals surface area contributed by atoms with Gasteiger partial charge in [-0.25, -0.2) is 0 Å². The summed E-state index contributed by atoms with van der Waals surface area (Å²) in [5, 5.41) is 11.3. The Morgan fingerprint density at radius 3 is 2.30 bits per heavy atom. The summed E-state index contributed by atoms with van der Waals surface area (Å²) < 4.78 is 5.69. The molecule has 3 atom stereocenters. The molecule has 1 heterocycles. The Kier molecular flexibility index (Phi) is 6.42. The van der Waals surface area contributed by atoms with E-state index in [1.54, 1.807) is 0 Å². The molecule has 0 aromatic carbocycles. The Hall–Kier alpha value is -1.14. The standard InChI is InChI=1S/C14H26N2O4/c1-9(2)13(14(19)15-6-5-12(17)18)16-7-10(3)20-11(4)8-16/h9-11,13H,5-8H2,1-4H3,(H,15,19)(H,17,18)/t10-,11+,13-/m1/s1. The van der Waals surface area contributed by atoms with Crippen LogP contribution in [0.15, 0.2) is 0 Å². The number of nitrogens with one attached hydrogen (secondary N) is 1. The zero-order valence-electron chi connectivity index (χ0n) is 12.8. The summed E-state index contributed by atoms with van der Waals surface area (Å²) in [7, 11) is 0. The molecule has 1 aliphatic rings. The SMILES string of the molecule is CC(C)[C@H](C(=O)NCCC(=O)O)N1C[C@@H](C)O[C@@H](C)C1. The van der Waals surface area contributed by atoms with E-state index in [0.29, 0.717) is 0 Å². The smallest absolute Gasteiger partial charge is 0.305 e. The van der Waals surface area contributed by atoms with E-state index in [1.807, 2.05) is 27.7 Å². The van der Waals surface area contributed by atoms with Crippen LogP contribution in [0.3, 0.4) is 0 Å². The van der Waals surface area contributed by atoms with Crippen molar-refractivity contribution in [3.63, 3.8) is 0 Å². The van der Waals surface area contributed by atoms with E-state index in [0.717, 1.165) is 13.1 Å².